The Morgan fingerprint density at radius 2 is 2.14 bits per heavy atom. The van der Waals surface area contributed by atoms with Crippen molar-refractivity contribution in [3.05, 3.63) is 47.8 Å². The summed E-state index contributed by atoms with van der Waals surface area (Å²) in [6, 6.07) is 7.98. The molecule has 0 saturated heterocycles. The molecule has 0 saturated carbocycles. The quantitative estimate of drug-likeness (QED) is 0.623. The number of carbonyl (C=O) groups excluding carboxylic acids is 1. The van der Waals surface area contributed by atoms with Gasteiger partial charge in [-0.1, -0.05) is 17.4 Å². The van der Waals surface area contributed by atoms with Crippen molar-refractivity contribution in [3.8, 4) is 16.3 Å². The first-order valence-corrected chi connectivity index (χ1v) is 9.99. The summed E-state index contributed by atoms with van der Waals surface area (Å²) in [4.78, 5) is 20.2. The van der Waals surface area contributed by atoms with Crippen LogP contribution in [0.2, 0.25) is 0 Å². The summed E-state index contributed by atoms with van der Waals surface area (Å²) in [6.45, 7) is 4.48. The van der Waals surface area contributed by atoms with E-state index in [1.165, 1.54) is 16.9 Å². The molecule has 0 atom stereocenters. The minimum atomic E-state index is -0.174. The van der Waals surface area contributed by atoms with Gasteiger partial charge in [-0.25, -0.2) is 0 Å². The molecule has 0 unspecified atom stereocenters. The molecule has 3 heterocycles. The van der Waals surface area contributed by atoms with Crippen LogP contribution < -0.4 is 15.4 Å². The molecule has 29 heavy (non-hydrogen) atoms. The lowest BCUT2D eigenvalue weighted by Crippen LogP contribution is -2.34. The highest BCUT2D eigenvalue weighted by Crippen LogP contribution is 2.30. The van der Waals surface area contributed by atoms with Crippen LogP contribution in [0.5, 0.6) is 5.75 Å². The van der Waals surface area contributed by atoms with Gasteiger partial charge >= 0.3 is 0 Å². The molecule has 2 aromatic heterocycles. The summed E-state index contributed by atoms with van der Waals surface area (Å²) in [5.41, 5.74) is 4.05. The number of carbonyl (C=O) groups is 1. The van der Waals surface area contributed by atoms with Crippen LogP contribution in [0.4, 0.5) is 10.8 Å². The molecule has 1 aliphatic heterocycles. The van der Waals surface area contributed by atoms with Gasteiger partial charge < -0.3 is 15.4 Å². The summed E-state index contributed by atoms with van der Waals surface area (Å²) >= 11 is 1.41. The summed E-state index contributed by atoms with van der Waals surface area (Å²) < 4.78 is 5.53. The van der Waals surface area contributed by atoms with E-state index >= 15 is 0 Å². The predicted octanol–water partition coefficient (Wildman–Crippen LogP) is 3.18. The Kier molecular flexibility index (Phi) is 5.48. The van der Waals surface area contributed by atoms with Crippen molar-refractivity contribution in [1.29, 1.82) is 0 Å². The largest absolute Gasteiger partial charge is 0.482 e. The topological polar surface area (TPSA) is 101 Å². The van der Waals surface area contributed by atoms with Crippen molar-refractivity contribution >= 4 is 34.3 Å². The van der Waals surface area contributed by atoms with E-state index in [-0.39, 0.29) is 18.6 Å². The number of amides is 1. The van der Waals surface area contributed by atoms with E-state index in [0.29, 0.717) is 15.9 Å². The van der Waals surface area contributed by atoms with E-state index in [2.05, 4.69) is 36.9 Å². The van der Waals surface area contributed by atoms with Crippen molar-refractivity contribution in [3.63, 3.8) is 0 Å². The Labute approximate surface area is 172 Å². The molecule has 0 radical (unpaired) electrons. The lowest BCUT2D eigenvalue weighted by molar-refractivity contribution is -0.123. The molecule has 9 heteroatoms. The first-order valence-electron chi connectivity index (χ1n) is 9.18. The number of aromatic nitrogens is 3. The lowest BCUT2D eigenvalue weighted by atomic mass is 10.1. The maximum absolute atomic E-state index is 11.7. The molecule has 0 aliphatic carbocycles. The number of anilines is 2. The minimum Gasteiger partial charge on any atom is -0.482 e. The number of nitrogens with zero attached hydrogens (tertiary/aromatic N) is 4. The second-order valence-corrected chi connectivity index (χ2v) is 7.82. The first-order chi connectivity index (χ1) is 14.1. The number of pyridine rings is 1. The Bertz CT molecular complexity index is 1060. The van der Waals surface area contributed by atoms with Gasteiger partial charge in [0, 0.05) is 29.7 Å². The third kappa shape index (κ3) is 4.75. The minimum absolute atomic E-state index is 0.0616. The third-order valence-electron chi connectivity index (χ3n) is 4.09. The molecule has 1 aromatic carbocycles. The second-order valence-electron chi connectivity index (χ2n) is 6.84. The molecule has 0 fully saturated rings. The van der Waals surface area contributed by atoms with Crippen LogP contribution in [0, 0.1) is 0 Å². The Balaban J connectivity index is 1.42. The van der Waals surface area contributed by atoms with Gasteiger partial charge in [0.05, 0.1) is 12.7 Å². The molecule has 8 nitrogen and oxygen atoms in total. The number of aliphatic imine (C=N–C) groups is 1. The monoisotopic (exact) mass is 408 g/mol. The molecule has 0 spiro atoms. The Hall–Kier alpha value is -3.33. The number of fused-ring (bicyclic) bond motifs is 1. The molecule has 4 rings (SSSR count). The van der Waals surface area contributed by atoms with Crippen molar-refractivity contribution < 1.29 is 9.53 Å². The highest BCUT2D eigenvalue weighted by Gasteiger charge is 2.11. The van der Waals surface area contributed by atoms with Gasteiger partial charge in [0.2, 0.25) is 5.13 Å². The molecule has 0 bridgehead atoms. The molecule has 2 N–H and O–H groups in total. The van der Waals surface area contributed by atoms with Crippen LogP contribution in [-0.4, -0.2) is 40.0 Å². The maximum Gasteiger partial charge on any atom is 0.258 e. The van der Waals surface area contributed by atoms with Gasteiger partial charge in [-0.3, -0.25) is 14.8 Å². The van der Waals surface area contributed by atoms with Gasteiger partial charge in [0.1, 0.15) is 5.75 Å². The zero-order valence-corrected chi connectivity index (χ0v) is 16.9. The van der Waals surface area contributed by atoms with Gasteiger partial charge in [0.25, 0.3) is 5.91 Å². The smallest absolute Gasteiger partial charge is 0.258 e. The fourth-order valence-corrected chi connectivity index (χ4v) is 3.57. The van der Waals surface area contributed by atoms with E-state index in [1.54, 1.807) is 18.5 Å². The van der Waals surface area contributed by atoms with Crippen LogP contribution in [-0.2, 0) is 11.3 Å². The molecule has 3 aromatic rings. The number of hydrogen-bond acceptors (Lipinski definition) is 8. The zero-order valence-electron chi connectivity index (χ0n) is 16.0. The highest BCUT2D eigenvalue weighted by atomic mass is 32.1. The van der Waals surface area contributed by atoms with E-state index in [0.717, 1.165) is 23.4 Å². The van der Waals surface area contributed by atoms with Crippen molar-refractivity contribution in [2.45, 2.75) is 26.4 Å². The number of hydrogen-bond donors (Lipinski definition) is 2. The Morgan fingerprint density at radius 3 is 3.00 bits per heavy atom. The van der Waals surface area contributed by atoms with Crippen LogP contribution in [0.3, 0.4) is 0 Å². The normalized spacial score (nSPS) is 12.1. The summed E-state index contributed by atoms with van der Waals surface area (Å²) in [5, 5.41) is 15.9. The average Bonchev–Trinajstić information content (AvgIpc) is 3.35. The Morgan fingerprint density at radius 1 is 1.24 bits per heavy atom. The van der Waals surface area contributed by atoms with Crippen molar-refractivity contribution in [2.24, 2.45) is 4.99 Å². The van der Waals surface area contributed by atoms with E-state index in [4.69, 9.17) is 4.74 Å². The van der Waals surface area contributed by atoms with Gasteiger partial charge in [0.15, 0.2) is 11.6 Å². The average molecular weight is 408 g/mol. The number of ether oxygens (including phenoxy) is 1. The summed E-state index contributed by atoms with van der Waals surface area (Å²) in [7, 11) is 0. The van der Waals surface area contributed by atoms with Crippen molar-refractivity contribution in [1.82, 2.24) is 20.5 Å². The summed E-state index contributed by atoms with van der Waals surface area (Å²) in [5.74, 6) is 0.330. The number of rotatable bonds is 7. The van der Waals surface area contributed by atoms with Gasteiger partial charge in [-0.2, -0.15) is 0 Å². The van der Waals surface area contributed by atoms with Crippen LogP contribution in [0.25, 0.3) is 10.6 Å². The van der Waals surface area contributed by atoms with E-state index in [1.807, 2.05) is 32.2 Å². The van der Waals surface area contributed by atoms with Gasteiger partial charge in [-0.15, -0.1) is 10.2 Å². The zero-order chi connectivity index (χ0) is 20.2. The lowest BCUT2D eigenvalue weighted by Gasteiger charge is -2.09. The predicted molar refractivity (Wildman–Crippen MR) is 113 cm³/mol. The number of benzene rings is 1. The molecular weight excluding hydrogens is 388 g/mol. The maximum atomic E-state index is 11.7. The second kappa shape index (κ2) is 8.36. The standard InChI is InChI=1S/C20H20N6O2S/c1-12(2)23-18(27)11-28-17-6-15(9-22-10-17)19-25-26-20(29-19)24-16-4-3-13-7-21-8-14(13)5-16/h3-6,8-10,12H,7,11H2,1-2H3,(H,23,27)(H,24,26). The first kappa shape index (κ1) is 19.0. The van der Waals surface area contributed by atoms with Crippen LogP contribution in [0.15, 0.2) is 41.7 Å². The number of nitrogens with one attached hydrogen (secondary N) is 2. The van der Waals surface area contributed by atoms with Crippen LogP contribution in [0.1, 0.15) is 25.0 Å². The fraction of sp³-hybridized carbons (Fsp3) is 0.250. The molecular formula is C20H20N6O2S. The van der Waals surface area contributed by atoms with E-state index in [9.17, 15) is 4.79 Å². The molecule has 1 amide bonds. The van der Waals surface area contributed by atoms with Gasteiger partial charge in [-0.05, 0) is 43.2 Å². The van der Waals surface area contributed by atoms with Crippen LogP contribution >= 0.6 is 11.3 Å². The summed E-state index contributed by atoms with van der Waals surface area (Å²) in [6.07, 6.45) is 5.14. The highest BCUT2D eigenvalue weighted by molar-refractivity contribution is 7.18. The van der Waals surface area contributed by atoms with Crippen molar-refractivity contribution in [2.75, 3.05) is 11.9 Å². The molecule has 1 aliphatic rings. The third-order valence-corrected chi connectivity index (χ3v) is 4.98. The fourth-order valence-electron chi connectivity index (χ4n) is 2.82. The molecule has 148 valence electrons. The van der Waals surface area contributed by atoms with E-state index < -0.39 is 0 Å². The SMILES string of the molecule is CC(C)NC(=O)COc1cncc(-c2nnc(Nc3ccc4c(c3)C=NC4)s2)c1.